The zero-order valence-corrected chi connectivity index (χ0v) is 39.9. The molecule has 0 aliphatic carbocycles. The van der Waals surface area contributed by atoms with Gasteiger partial charge >= 0.3 is 20.2 Å². The van der Waals surface area contributed by atoms with Crippen LogP contribution in [0.1, 0.15) is 47.0 Å². The summed E-state index contributed by atoms with van der Waals surface area (Å²) < 4.78 is 78.2. The van der Waals surface area contributed by atoms with E-state index in [2.05, 4.69) is 56.0 Å². The van der Waals surface area contributed by atoms with Crippen molar-refractivity contribution in [1.29, 1.82) is 0 Å². The smallest absolute Gasteiger partial charge is 0.313 e. The third kappa shape index (κ3) is 12.5. The minimum atomic E-state index is -4.87. The Hall–Kier alpha value is -6.41. The van der Waals surface area contributed by atoms with Gasteiger partial charge in [-0.25, -0.2) is 9.97 Å². The van der Waals surface area contributed by atoms with Gasteiger partial charge in [-0.15, -0.1) is 20.5 Å². The number of benzene rings is 2. The van der Waals surface area contributed by atoms with Gasteiger partial charge in [-0.2, -0.15) is 31.8 Å². The lowest BCUT2D eigenvalue weighted by molar-refractivity contribution is 0.111. The van der Waals surface area contributed by atoms with Gasteiger partial charge in [0, 0.05) is 51.4 Å². The van der Waals surface area contributed by atoms with Gasteiger partial charge in [-0.05, 0) is 39.8 Å². The highest BCUT2D eigenvalue weighted by Crippen LogP contribution is 2.43. The number of hydrogen-bond donors (Lipinski definition) is 6. The maximum absolute atomic E-state index is 11.9. The van der Waals surface area contributed by atoms with Crippen molar-refractivity contribution in [3.8, 4) is 11.5 Å². The summed E-state index contributed by atoms with van der Waals surface area (Å²) in [4.78, 5) is 49.3. The van der Waals surface area contributed by atoms with Crippen molar-refractivity contribution in [3.63, 3.8) is 0 Å². The summed E-state index contributed by atoms with van der Waals surface area (Å²) in [7, 11) is -6.84. The monoisotopic (exact) mass is 1010 g/mol. The zero-order chi connectivity index (χ0) is 49.1. The summed E-state index contributed by atoms with van der Waals surface area (Å²) in [6.45, 7) is 9.22. The molecule has 0 unspecified atom stereocenters. The number of carbonyl (C=O) groups is 2. The SMILES string of the molecule is CCN(CC)c1cc(Nc2nc(Nc3cc(N(CC)CC)c(OC)cc3N=Nc3nc(S(=O)(=O)O)c(C=O)s3)nc(N(CCO)CCO)n2)c(N=Nc2nc(S(=O)(=O)O)c(C=O)s2)cc1OC. The third-order valence-electron chi connectivity index (χ3n) is 9.35. The maximum atomic E-state index is 11.9. The maximum Gasteiger partial charge on any atom is 0.313 e. The van der Waals surface area contributed by atoms with E-state index < -0.39 is 40.0 Å². The van der Waals surface area contributed by atoms with Crippen LogP contribution in [0.15, 0.2) is 54.8 Å². The molecular weight excluding hydrogens is 961 g/mol. The van der Waals surface area contributed by atoms with E-state index in [-0.39, 0.29) is 89.7 Å². The molecule has 0 saturated heterocycles. The van der Waals surface area contributed by atoms with E-state index >= 15 is 0 Å². The normalized spacial score (nSPS) is 11.9. The first-order valence-corrected chi connectivity index (χ1v) is 24.4. The van der Waals surface area contributed by atoms with E-state index in [0.717, 1.165) is 0 Å². The molecule has 0 fully saturated rings. The number of nitrogens with zero attached hydrogens (tertiary/aromatic N) is 12. The van der Waals surface area contributed by atoms with Crippen LogP contribution in [0.2, 0.25) is 0 Å². The Bertz CT molecular complexity index is 2670. The van der Waals surface area contributed by atoms with Crippen molar-refractivity contribution < 1.29 is 55.2 Å². The molecule has 0 radical (unpaired) electrons. The van der Waals surface area contributed by atoms with E-state index in [1.54, 1.807) is 12.1 Å². The van der Waals surface area contributed by atoms with Crippen LogP contribution in [0.3, 0.4) is 0 Å². The summed E-state index contributed by atoms with van der Waals surface area (Å²) in [5.41, 5.74) is 1.83. The number of methoxy groups -OCH3 is 2. The van der Waals surface area contributed by atoms with Gasteiger partial charge in [0.2, 0.25) is 38.2 Å². The molecule has 0 amide bonds. The molecule has 0 aliphatic rings. The Kier molecular flexibility index (Phi) is 17.6. The highest BCUT2D eigenvalue weighted by molar-refractivity contribution is 7.86. The molecule has 6 N–H and O–H groups in total. The first-order chi connectivity index (χ1) is 32.0. The topological polar surface area (TPSA) is 349 Å². The fraction of sp³-hybridized carbons (Fsp3) is 0.378. The van der Waals surface area contributed by atoms with E-state index in [1.165, 1.54) is 31.3 Å². The zero-order valence-electron chi connectivity index (χ0n) is 36.7. The Labute approximate surface area is 392 Å². The van der Waals surface area contributed by atoms with Gasteiger partial charge in [0.1, 0.15) is 32.6 Å². The summed E-state index contributed by atoms with van der Waals surface area (Å²) in [6.07, 6.45) is 0.427. The lowest BCUT2D eigenvalue weighted by Gasteiger charge is -2.25. The van der Waals surface area contributed by atoms with E-state index in [4.69, 9.17) is 9.47 Å². The Morgan fingerprint density at radius 1 is 0.612 bits per heavy atom. The average Bonchev–Trinajstić information content (AvgIpc) is 3.94. The Morgan fingerprint density at radius 2 is 1.00 bits per heavy atom. The van der Waals surface area contributed by atoms with Gasteiger partial charge in [0.25, 0.3) is 0 Å². The summed E-state index contributed by atoms with van der Waals surface area (Å²) in [5.74, 6) is 0.478. The van der Waals surface area contributed by atoms with Crippen LogP contribution < -0.4 is 34.8 Å². The van der Waals surface area contributed by atoms with E-state index in [0.29, 0.717) is 71.7 Å². The van der Waals surface area contributed by atoms with Gasteiger partial charge < -0.3 is 45.0 Å². The number of ether oxygens (including phenoxy) is 2. The third-order valence-corrected chi connectivity index (χ3v) is 12.9. The van der Waals surface area contributed by atoms with Crippen molar-refractivity contribution in [1.82, 2.24) is 24.9 Å². The van der Waals surface area contributed by atoms with Crippen molar-refractivity contribution >= 4 is 118 Å². The van der Waals surface area contributed by atoms with Crippen molar-refractivity contribution in [2.24, 2.45) is 20.5 Å². The van der Waals surface area contributed by atoms with Crippen LogP contribution in [0.5, 0.6) is 11.5 Å². The molecule has 3 aromatic heterocycles. The van der Waals surface area contributed by atoms with Crippen LogP contribution in [0.4, 0.5) is 62.2 Å². The van der Waals surface area contributed by atoms with Crippen molar-refractivity contribution in [2.45, 2.75) is 37.7 Å². The van der Waals surface area contributed by atoms with Crippen molar-refractivity contribution in [3.05, 3.63) is 34.0 Å². The molecule has 0 aliphatic heterocycles. The molecule has 26 nitrogen and oxygen atoms in total. The first-order valence-electron chi connectivity index (χ1n) is 19.9. The lowest BCUT2D eigenvalue weighted by Crippen LogP contribution is -2.31. The molecule has 0 atom stereocenters. The van der Waals surface area contributed by atoms with Crippen LogP contribution in [0, 0.1) is 0 Å². The van der Waals surface area contributed by atoms with Crippen LogP contribution in [-0.4, -0.2) is 140 Å². The number of azo groups is 2. The second-order valence-electron chi connectivity index (χ2n) is 13.3. The second-order valence-corrected chi connectivity index (χ2v) is 18.0. The number of aliphatic hydroxyl groups is 2. The quantitative estimate of drug-likeness (QED) is 0.0231. The number of hydrogen-bond acceptors (Lipinski definition) is 26. The number of nitrogens with one attached hydrogen (secondary N) is 2. The Balaban J connectivity index is 1.72. The number of thiazole rings is 2. The summed E-state index contributed by atoms with van der Waals surface area (Å²) in [5, 5.41) is 40.7. The molecular formula is C37H46N14O12S4. The fourth-order valence-electron chi connectivity index (χ4n) is 6.25. The second kappa shape index (κ2) is 22.9. The largest absolute Gasteiger partial charge is 0.494 e. The van der Waals surface area contributed by atoms with Gasteiger partial charge in [0.15, 0.2) is 12.6 Å². The number of carbonyl (C=O) groups excluding carboxylic acids is 2. The first kappa shape index (κ1) is 51.6. The molecule has 0 bridgehead atoms. The molecule has 30 heteroatoms. The molecule has 5 aromatic rings. The predicted octanol–water partition coefficient (Wildman–Crippen LogP) is 5.72. The summed E-state index contributed by atoms with van der Waals surface area (Å²) >= 11 is 1.14. The highest BCUT2D eigenvalue weighted by atomic mass is 32.2. The molecule has 0 spiro atoms. The number of aldehydes is 2. The standard InChI is InChI=1S/C37H46N14O12S4/c1-7-49(8-2)25-15-21(23(17-27(25)62-5)45-47-36-40-31(66(56,57)58)29(19-54)64-36)38-33-42-34(44-35(43-33)51(11-13-52)12-14-53)39-22-16-26(50(9-3)10-4)28(63-6)18-24(22)46-48-37-41-32(67(59,60)61)30(20-55)65-37/h15-20,52-53H,7-14H2,1-6H3,(H,56,57,58)(H,59,60,61)(H2,38,39,42,43,44). The van der Waals surface area contributed by atoms with Crippen molar-refractivity contribution in [2.75, 3.05) is 92.0 Å². The molecule has 3 heterocycles. The molecule has 0 saturated carbocycles. The molecule has 5 rings (SSSR count). The van der Waals surface area contributed by atoms with Crippen LogP contribution in [-0.2, 0) is 20.2 Å². The highest BCUT2D eigenvalue weighted by Gasteiger charge is 2.25. The van der Waals surface area contributed by atoms with Gasteiger partial charge in [0.05, 0.1) is 50.2 Å². The van der Waals surface area contributed by atoms with E-state index in [9.17, 15) is 45.7 Å². The number of rotatable bonds is 25. The molecule has 67 heavy (non-hydrogen) atoms. The summed E-state index contributed by atoms with van der Waals surface area (Å²) in [6, 6.07) is 6.42. The lowest BCUT2D eigenvalue weighted by atomic mass is 10.2. The predicted molar refractivity (Wildman–Crippen MR) is 249 cm³/mol. The number of anilines is 7. The van der Waals surface area contributed by atoms with Crippen LogP contribution in [0.25, 0.3) is 0 Å². The molecule has 360 valence electrons. The molecule has 2 aromatic carbocycles. The van der Waals surface area contributed by atoms with E-state index in [1.807, 2.05) is 37.5 Å². The minimum Gasteiger partial charge on any atom is -0.494 e. The van der Waals surface area contributed by atoms with Crippen LogP contribution >= 0.6 is 22.7 Å². The average molecular weight is 1010 g/mol. The fourth-order valence-corrected chi connectivity index (χ4v) is 9.45. The minimum absolute atomic E-state index is 0.0179. The number of aliphatic hydroxyl groups excluding tert-OH is 2. The Morgan fingerprint density at radius 3 is 1.30 bits per heavy atom. The van der Waals surface area contributed by atoms with Gasteiger partial charge in [-0.3, -0.25) is 18.7 Å². The van der Waals surface area contributed by atoms with Gasteiger partial charge in [-0.1, -0.05) is 22.7 Å². The number of aromatic nitrogens is 5.